The van der Waals surface area contributed by atoms with Gasteiger partial charge in [-0.15, -0.1) is 0 Å². The van der Waals surface area contributed by atoms with Crippen LogP contribution in [0.25, 0.3) is 0 Å². The molecule has 0 aliphatic carbocycles. The normalized spacial score (nSPS) is 11.2. The molecule has 0 spiro atoms. The summed E-state index contributed by atoms with van der Waals surface area (Å²) in [5, 5.41) is 3.05. The number of amides is 1. The van der Waals surface area contributed by atoms with E-state index in [1.54, 1.807) is 36.4 Å². The molecule has 0 aliphatic rings. The molecule has 0 bridgehead atoms. The maximum Gasteiger partial charge on any atom is 0.262 e. The number of hydrogen-bond acceptors (Lipinski definition) is 6. The van der Waals surface area contributed by atoms with E-state index in [9.17, 15) is 13.2 Å². The Bertz CT molecular complexity index is 963. The number of hydrogen-bond donors (Lipinski definition) is 1. The van der Waals surface area contributed by atoms with Crippen LogP contribution in [0.3, 0.4) is 0 Å². The number of rotatable bonds is 9. The first kappa shape index (κ1) is 22.8. The smallest absolute Gasteiger partial charge is 0.262 e. The van der Waals surface area contributed by atoms with Crippen molar-refractivity contribution in [2.45, 2.75) is 6.54 Å². The van der Waals surface area contributed by atoms with Crippen molar-refractivity contribution in [3.8, 4) is 17.2 Å². The number of anilines is 1. The molecule has 29 heavy (non-hydrogen) atoms. The first-order valence-electron chi connectivity index (χ1n) is 8.48. The van der Waals surface area contributed by atoms with Gasteiger partial charge in [0, 0.05) is 25.7 Å². The standard InChI is InChI=1S/C19H23ClN2O6S/c1-22(29(4,24)25)11-13-5-7-14(8-6-13)28-12-19(23)21-16-10-17(26-2)15(20)9-18(16)27-3/h5-10H,11-12H2,1-4H3,(H,21,23). The van der Waals surface area contributed by atoms with Gasteiger partial charge in [-0.3, -0.25) is 4.79 Å². The second kappa shape index (κ2) is 9.82. The average Bonchev–Trinajstić information content (AvgIpc) is 2.67. The van der Waals surface area contributed by atoms with Gasteiger partial charge in [-0.25, -0.2) is 12.7 Å². The molecule has 0 aliphatic heterocycles. The minimum Gasteiger partial charge on any atom is -0.495 e. The minimum atomic E-state index is -3.25. The van der Waals surface area contributed by atoms with E-state index in [1.807, 2.05) is 0 Å². The largest absolute Gasteiger partial charge is 0.495 e. The number of sulfonamides is 1. The molecule has 10 heteroatoms. The summed E-state index contributed by atoms with van der Waals surface area (Å²) >= 11 is 6.05. The topological polar surface area (TPSA) is 94.2 Å². The van der Waals surface area contributed by atoms with Gasteiger partial charge in [0.25, 0.3) is 5.91 Å². The first-order valence-corrected chi connectivity index (χ1v) is 10.7. The van der Waals surface area contributed by atoms with Crippen molar-refractivity contribution < 1.29 is 27.4 Å². The zero-order valence-electron chi connectivity index (χ0n) is 16.6. The lowest BCUT2D eigenvalue weighted by Crippen LogP contribution is -2.24. The molecule has 8 nitrogen and oxygen atoms in total. The molecule has 0 fully saturated rings. The van der Waals surface area contributed by atoms with Crippen LogP contribution in [0.1, 0.15) is 5.56 Å². The van der Waals surface area contributed by atoms with E-state index in [4.69, 9.17) is 25.8 Å². The summed E-state index contributed by atoms with van der Waals surface area (Å²) in [7, 11) is 1.19. The zero-order valence-corrected chi connectivity index (χ0v) is 18.1. The maximum atomic E-state index is 12.2. The summed E-state index contributed by atoms with van der Waals surface area (Å²) in [5.41, 5.74) is 1.20. The fraction of sp³-hybridized carbons (Fsp3) is 0.316. The van der Waals surface area contributed by atoms with Crippen LogP contribution >= 0.6 is 11.6 Å². The van der Waals surface area contributed by atoms with Gasteiger partial charge < -0.3 is 19.5 Å². The summed E-state index contributed by atoms with van der Waals surface area (Å²) in [6.45, 7) is 0.0223. The van der Waals surface area contributed by atoms with Crippen LogP contribution in [0.5, 0.6) is 17.2 Å². The first-order chi connectivity index (χ1) is 13.6. The summed E-state index contributed by atoms with van der Waals surface area (Å²) in [5.74, 6) is 0.877. The van der Waals surface area contributed by atoms with Crippen molar-refractivity contribution in [1.29, 1.82) is 0 Å². The molecule has 1 N–H and O–H groups in total. The molecule has 0 unspecified atom stereocenters. The molecular weight excluding hydrogens is 420 g/mol. The quantitative estimate of drug-likeness (QED) is 0.641. The summed E-state index contributed by atoms with van der Waals surface area (Å²) < 4.78 is 40.0. The van der Waals surface area contributed by atoms with Crippen LogP contribution in [-0.2, 0) is 21.4 Å². The number of halogens is 1. The molecule has 0 heterocycles. The fourth-order valence-electron chi connectivity index (χ4n) is 2.36. The molecule has 0 radical (unpaired) electrons. The van der Waals surface area contributed by atoms with Gasteiger partial charge in [0.15, 0.2) is 6.61 Å². The van der Waals surface area contributed by atoms with Crippen LogP contribution in [0.15, 0.2) is 36.4 Å². The fourth-order valence-corrected chi connectivity index (χ4v) is 2.97. The molecular formula is C19H23ClN2O6S. The number of methoxy groups -OCH3 is 2. The molecule has 2 aromatic rings. The van der Waals surface area contributed by atoms with Crippen LogP contribution in [0, 0.1) is 0 Å². The number of carbonyl (C=O) groups is 1. The predicted molar refractivity (Wildman–Crippen MR) is 111 cm³/mol. The van der Waals surface area contributed by atoms with Crippen LogP contribution < -0.4 is 19.5 Å². The highest BCUT2D eigenvalue weighted by atomic mass is 35.5. The van der Waals surface area contributed by atoms with E-state index in [-0.39, 0.29) is 13.2 Å². The molecule has 2 aromatic carbocycles. The van der Waals surface area contributed by atoms with E-state index in [2.05, 4.69) is 5.32 Å². The maximum absolute atomic E-state index is 12.2. The summed E-state index contributed by atoms with van der Waals surface area (Å²) in [4.78, 5) is 12.2. The summed E-state index contributed by atoms with van der Waals surface area (Å²) in [6, 6.07) is 9.93. The van der Waals surface area contributed by atoms with Crippen molar-refractivity contribution in [2.75, 3.05) is 39.4 Å². The Labute approximate surface area is 175 Å². The van der Waals surface area contributed by atoms with Gasteiger partial charge in [0.2, 0.25) is 10.0 Å². The third kappa shape index (κ3) is 6.52. The SMILES string of the molecule is COc1cc(NC(=O)COc2ccc(CN(C)S(C)(=O)=O)cc2)c(OC)cc1Cl. The summed E-state index contributed by atoms with van der Waals surface area (Å²) in [6.07, 6.45) is 1.15. The minimum absolute atomic E-state index is 0.226. The highest BCUT2D eigenvalue weighted by molar-refractivity contribution is 7.88. The molecule has 1 amide bonds. The van der Waals surface area contributed by atoms with Gasteiger partial charge in [-0.1, -0.05) is 23.7 Å². The van der Waals surface area contributed by atoms with Gasteiger partial charge in [-0.05, 0) is 17.7 Å². The van der Waals surface area contributed by atoms with Crippen molar-refractivity contribution in [1.82, 2.24) is 4.31 Å². The number of nitrogens with zero attached hydrogens (tertiary/aromatic N) is 1. The Morgan fingerprint density at radius 1 is 1.10 bits per heavy atom. The van der Waals surface area contributed by atoms with Crippen molar-refractivity contribution in [3.63, 3.8) is 0 Å². The number of carbonyl (C=O) groups excluding carboxylic acids is 1. The second-order valence-corrected chi connectivity index (χ2v) is 8.68. The van der Waals surface area contributed by atoms with Crippen LogP contribution in [-0.4, -0.2) is 52.8 Å². The zero-order chi connectivity index (χ0) is 21.6. The lowest BCUT2D eigenvalue weighted by Gasteiger charge is -2.15. The highest BCUT2D eigenvalue weighted by Crippen LogP contribution is 2.35. The van der Waals surface area contributed by atoms with Crippen LogP contribution in [0.4, 0.5) is 5.69 Å². The van der Waals surface area contributed by atoms with Crippen molar-refractivity contribution in [2.24, 2.45) is 0 Å². The van der Waals surface area contributed by atoms with Gasteiger partial charge in [0.1, 0.15) is 17.2 Å². The van der Waals surface area contributed by atoms with Gasteiger partial charge >= 0.3 is 0 Å². The van der Waals surface area contributed by atoms with Crippen molar-refractivity contribution >= 4 is 33.2 Å². The van der Waals surface area contributed by atoms with E-state index >= 15 is 0 Å². The molecule has 158 valence electrons. The van der Waals surface area contributed by atoms with E-state index in [0.717, 1.165) is 11.8 Å². The Hall–Kier alpha value is -2.49. The molecule has 0 saturated heterocycles. The van der Waals surface area contributed by atoms with Gasteiger partial charge in [-0.2, -0.15) is 0 Å². The van der Waals surface area contributed by atoms with E-state index in [1.165, 1.54) is 25.6 Å². The lowest BCUT2D eigenvalue weighted by molar-refractivity contribution is -0.118. The highest BCUT2D eigenvalue weighted by Gasteiger charge is 2.14. The average molecular weight is 443 g/mol. The molecule has 0 saturated carbocycles. The number of benzene rings is 2. The molecule has 0 aromatic heterocycles. The predicted octanol–water partition coefficient (Wildman–Crippen LogP) is 2.77. The van der Waals surface area contributed by atoms with Crippen molar-refractivity contribution in [3.05, 3.63) is 47.0 Å². The Kier molecular flexibility index (Phi) is 7.72. The Balaban J connectivity index is 1.96. The number of ether oxygens (including phenoxy) is 3. The van der Waals surface area contributed by atoms with E-state index in [0.29, 0.717) is 28.0 Å². The Morgan fingerprint density at radius 2 is 1.72 bits per heavy atom. The molecule has 0 atom stereocenters. The van der Waals surface area contributed by atoms with Gasteiger partial charge in [0.05, 0.1) is 31.2 Å². The second-order valence-electron chi connectivity index (χ2n) is 6.19. The third-order valence-electron chi connectivity index (χ3n) is 4.01. The monoisotopic (exact) mass is 442 g/mol. The number of nitrogens with one attached hydrogen (secondary N) is 1. The van der Waals surface area contributed by atoms with Crippen LogP contribution in [0.2, 0.25) is 5.02 Å². The molecule has 2 rings (SSSR count). The Morgan fingerprint density at radius 3 is 2.28 bits per heavy atom. The van der Waals surface area contributed by atoms with E-state index < -0.39 is 15.9 Å². The third-order valence-corrected chi connectivity index (χ3v) is 5.57. The lowest BCUT2D eigenvalue weighted by atomic mass is 10.2.